The number of aliphatic hydroxyl groups is 1. The Bertz CT molecular complexity index is 1870. The predicted molar refractivity (Wildman–Crippen MR) is 386 cm³/mol. The quantitative estimate of drug-likeness (QED) is 0.0222. The Morgan fingerprint density at radius 3 is 0.747 bits per heavy atom. The van der Waals surface area contributed by atoms with Gasteiger partial charge in [0.05, 0.1) is 26.4 Å². The van der Waals surface area contributed by atoms with Crippen LogP contribution < -0.4 is 0 Å². The molecule has 3 N–H and O–H groups in total. The highest BCUT2D eigenvalue weighted by Gasteiger charge is 2.30. The summed E-state index contributed by atoms with van der Waals surface area (Å²) < 4.78 is 68.5. The Kier molecular flexibility index (Phi) is 64.0. The average molecular weight is 1400 g/mol. The molecule has 0 amide bonds. The maximum atomic E-state index is 13.1. The van der Waals surface area contributed by atoms with Gasteiger partial charge in [-0.15, -0.1) is 0 Å². The van der Waals surface area contributed by atoms with E-state index >= 15 is 0 Å². The lowest BCUT2D eigenvalue weighted by Gasteiger charge is -2.21. The first-order valence-electron chi connectivity index (χ1n) is 39.3. The van der Waals surface area contributed by atoms with Gasteiger partial charge in [-0.2, -0.15) is 0 Å². The van der Waals surface area contributed by atoms with Crippen molar-refractivity contribution >= 4 is 39.5 Å². The fourth-order valence-corrected chi connectivity index (χ4v) is 13.1. The molecule has 0 saturated heterocycles. The van der Waals surface area contributed by atoms with Crippen LogP contribution in [0.15, 0.2) is 0 Å². The zero-order valence-electron chi connectivity index (χ0n) is 62.3. The molecule has 0 aromatic heterocycles. The number of aliphatic hydroxyl groups excluding tert-OH is 1. The molecule has 0 bridgehead atoms. The number of esters is 4. The van der Waals surface area contributed by atoms with Crippen molar-refractivity contribution in [2.24, 2.45) is 23.7 Å². The molecule has 0 radical (unpaired) electrons. The smallest absolute Gasteiger partial charge is 0.462 e. The molecule has 7 atom stereocenters. The summed E-state index contributed by atoms with van der Waals surface area (Å²) in [5, 5.41) is 10.6. The Hall–Kier alpha value is -1.94. The Labute approximate surface area is 581 Å². The Balaban J connectivity index is 5.23. The van der Waals surface area contributed by atoms with Gasteiger partial charge in [0.15, 0.2) is 12.2 Å². The van der Waals surface area contributed by atoms with Crippen molar-refractivity contribution in [3.63, 3.8) is 0 Å². The Morgan fingerprint density at radius 1 is 0.295 bits per heavy atom. The summed E-state index contributed by atoms with van der Waals surface area (Å²) in [7, 11) is -9.91. The molecule has 0 aliphatic rings. The molecular weight excluding hydrogens is 1250 g/mol. The summed E-state index contributed by atoms with van der Waals surface area (Å²) in [5.74, 6) is 0.978. The lowest BCUT2D eigenvalue weighted by Crippen LogP contribution is -2.30. The third-order valence-corrected chi connectivity index (χ3v) is 20.2. The molecule has 0 aliphatic heterocycles. The molecule has 0 heterocycles. The van der Waals surface area contributed by atoms with E-state index in [0.29, 0.717) is 31.6 Å². The van der Waals surface area contributed by atoms with Crippen LogP contribution in [0.4, 0.5) is 0 Å². The van der Waals surface area contributed by atoms with Gasteiger partial charge in [0.25, 0.3) is 0 Å². The molecule has 4 unspecified atom stereocenters. The summed E-state index contributed by atoms with van der Waals surface area (Å²) in [6.07, 6.45) is 49.9. The maximum absolute atomic E-state index is 13.1. The minimum atomic E-state index is -4.96. The van der Waals surface area contributed by atoms with E-state index in [9.17, 15) is 43.2 Å². The van der Waals surface area contributed by atoms with E-state index in [-0.39, 0.29) is 25.7 Å². The first-order valence-corrected chi connectivity index (χ1v) is 42.3. The predicted octanol–water partition coefficient (Wildman–Crippen LogP) is 22.0. The second-order valence-corrected chi connectivity index (χ2v) is 31.7. The topological polar surface area (TPSA) is 237 Å². The fraction of sp³-hybridized carbons (Fsp3) is 0.947. The highest BCUT2D eigenvalue weighted by Crippen LogP contribution is 2.45. The van der Waals surface area contributed by atoms with Crippen molar-refractivity contribution in [1.29, 1.82) is 0 Å². The fourth-order valence-electron chi connectivity index (χ4n) is 11.5. The minimum Gasteiger partial charge on any atom is -0.462 e. The van der Waals surface area contributed by atoms with E-state index < -0.39 is 97.5 Å². The summed E-state index contributed by atoms with van der Waals surface area (Å²) in [6, 6.07) is 0. The second-order valence-electron chi connectivity index (χ2n) is 28.8. The molecular formula is C76H148O17P2. The van der Waals surface area contributed by atoms with E-state index in [2.05, 4.69) is 55.4 Å². The molecule has 17 nitrogen and oxygen atoms in total. The maximum Gasteiger partial charge on any atom is 0.472 e. The number of carbonyl (C=O) groups is 4. The van der Waals surface area contributed by atoms with Crippen molar-refractivity contribution in [1.82, 2.24) is 0 Å². The van der Waals surface area contributed by atoms with Gasteiger partial charge in [-0.25, -0.2) is 9.13 Å². The van der Waals surface area contributed by atoms with E-state index in [0.717, 1.165) is 114 Å². The molecule has 0 rings (SSSR count). The normalized spacial score (nSPS) is 14.7. The average Bonchev–Trinajstić information content (AvgIpc) is 1.72. The summed E-state index contributed by atoms with van der Waals surface area (Å²) in [5.41, 5.74) is 0. The zero-order chi connectivity index (χ0) is 70.3. The summed E-state index contributed by atoms with van der Waals surface area (Å²) in [4.78, 5) is 72.8. The molecule has 564 valence electrons. The van der Waals surface area contributed by atoms with Crippen LogP contribution in [0.1, 0.15) is 383 Å². The third-order valence-electron chi connectivity index (χ3n) is 18.3. The van der Waals surface area contributed by atoms with Gasteiger partial charge in [-0.05, 0) is 49.4 Å². The van der Waals surface area contributed by atoms with Crippen LogP contribution in [-0.4, -0.2) is 96.7 Å². The van der Waals surface area contributed by atoms with Crippen LogP contribution >= 0.6 is 15.6 Å². The van der Waals surface area contributed by atoms with Crippen molar-refractivity contribution in [2.45, 2.75) is 401 Å². The van der Waals surface area contributed by atoms with Gasteiger partial charge in [0.2, 0.25) is 0 Å². The third kappa shape index (κ3) is 67.6. The van der Waals surface area contributed by atoms with Crippen molar-refractivity contribution in [3.05, 3.63) is 0 Å². The van der Waals surface area contributed by atoms with Crippen molar-refractivity contribution in [3.8, 4) is 0 Å². The van der Waals surface area contributed by atoms with E-state index in [4.69, 9.17) is 37.0 Å². The van der Waals surface area contributed by atoms with Gasteiger partial charge in [0.1, 0.15) is 19.3 Å². The number of ether oxygens (including phenoxy) is 4. The number of hydrogen-bond donors (Lipinski definition) is 3. The molecule has 0 spiro atoms. The summed E-state index contributed by atoms with van der Waals surface area (Å²) >= 11 is 0. The van der Waals surface area contributed by atoms with Gasteiger partial charge in [0, 0.05) is 25.7 Å². The number of phosphoric ester groups is 2. The van der Waals surface area contributed by atoms with Crippen LogP contribution in [0.3, 0.4) is 0 Å². The van der Waals surface area contributed by atoms with Crippen molar-refractivity contribution < 1.29 is 80.2 Å². The molecule has 0 fully saturated rings. The zero-order valence-corrected chi connectivity index (χ0v) is 64.1. The van der Waals surface area contributed by atoms with E-state index in [1.165, 1.54) is 180 Å². The van der Waals surface area contributed by atoms with E-state index in [1.807, 2.05) is 0 Å². The molecule has 0 aliphatic carbocycles. The lowest BCUT2D eigenvalue weighted by atomic mass is 9.99. The van der Waals surface area contributed by atoms with Crippen LogP contribution in [-0.2, 0) is 65.4 Å². The van der Waals surface area contributed by atoms with Crippen molar-refractivity contribution in [2.75, 3.05) is 39.6 Å². The van der Waals surface area contributed by atoms with E-state index in [1.54, 1.807) is 0 Å². The largest absolute Gasteiger partial charge is 0.472 e. The molecule has 0 saturated carbocycles. The first kappa shape index (κ1) is 93.1. The molecule has 0 aromatic carbocycles. The van der Waals surface area contributed by atoms with Crippen LogP contribution in [0.25, 0.3) is 0 Å². The van der Waals surface area contributed by atoms with Gasteiger partial charge in [-0.1, -0.05) is 331 Å². The summed E-state index contributed by atoms with van der Waals surface area (Å²) in [6.45, 7) is 14.2. The minimum absolute atomic E-state index is 0.106. The molecule has 0 aromatic rings. The number of rotatable bonds is 73. The number of hydrogen-bond acceptors (Lipinski definition) is 15. The highest BCUT2D eigenvalue weighted by atomic mass is 31.2. The van der Waals surface area contributed by atoms with Crippen LogP contribution in [0.5, 0.6) is 0 Å². The standard InChI is InChI=1S/C76H148O17P2/c1-9-68(7)54-46-38-29-23-17-13-11-12-14-18-26-32-42-50-58-75(80)93-72(63-87-74(79)57-49-41-35-34-37-45-53-67(5)6)65-91-95(84,85)89-61-70(77)60-88-94(82,83)90-64-71(92-76(81)59-51-43-33-27-19-15-16-22-28-36-44-52-66(3)4)62-86-73(78)56-48-40-31-25-21-20-24-30-39-47-55-69(8)10-2/h66-72,77H,9-65H2,1-8H3,(H,82,83)(H,84,85)/t68?,69?,70-,71-,72-/m1/s1. The SMILES string of the molecule is CCC(C)CCCCCCCCCCCCCCCCC(=O)O[C@H](COC(=O)CCCCCCCCC(C)C)COP(=O)(O)OC[C@H](O)COP(=O)(O)OC[C@@H](COC(=O)CCCCCCCCCCCCC(C)CC)OC(=O)CCCCCCCCCCCCCC(C)C. The first-order chi connectivity index (χ1) is 45.7. The monoisotopic (exact) mass is 1400 g/mol. The molecule has 95 heavy (non-hydrogen) atoms. The Morgan fingerprint density at radius 2 is 0.505 bits per heavy atom. The number of unbranched alkanes of at least 4 members (excludes halogenated alkanes) is 37. The van der Waals surface area contributed by atoms with Crippen LogP contribution in [0.2, 0.25) is 0 Å². The van der Waals surface area contributed by atoms with Gasteiger partial charge in [-0.3, -0.25) is 37.3 Å². The van der Waals surface area contributed by atoms with Gasteiger partial charge >= 0.3 is 39.5 Å². The number of carbonyl (C=O) groups excluding carboxylic acids is 4. The lowest BCUT2D eigenvalue weighted by molar-refractivity contribution is -0.161. The number of phosphoric acid groups is 2. The van der Waals surface area contributed by atoms with Crippen LogP contribution in [0, 0.1) is 23.7 Å². The molecule has 19 heteroatoms. The highest BCUT2D eigenvalue weighted by molar-refractivity contribution is 7.47. The van der Waals surface area contributed by atoms with Gasteiger partial charge < -0.3 is 33.8 Å². The second kappa shape index (κ2) is 65.4.